The van der Waals surface area contributed by atoms with Crippen LogP contribution in [0.25, 0.3) is 0 Å². The van der Waals surface area contributed by atoms with E-state index < -0.39 is 9.84 Å². The molecule has 0 bridgehead atoms. The van der Waals surface area contributed by atoms with Gasteiger partial charge in [-0.15, -0.1) is 0 Å². The lowest BCUT2D eigenvalue weighted by Gasteiger charge is -2.06. The second kappa shape index (κ2) is 6.56. The molecule has 0 atom stereocenters. The Labute approximate surface area is 102 Å². The molecule has 1 rings (SSSR count). The molecule has 17 heavy (non-hydrogen) atoms. The lowest BCUT2D eigenvalue weighted by molar-refractivity contribution is 0.316. The molecule has 0 radical (unpaired) electrons. The summed E-state index contributed by atoms with van der Waals surface area (Å²) in [6, 6.07) is 3.57. The van der Waals surface area contributed by atoms with Crippen molar-refractivity contribution in [2.24, 2.45) is 5.73 Å². The fourth-order valence-corrected chi connectivity index (χ4v) is 2.08. The number of hydrogen-bond donors (Lipinski definition) is 1. The van der Waals surface area contributed by atoms with E-state index in [1.807, 2.05) is 0 Å². The molecule has 0 spiro atoms. The molecule has 0 amide bonds. The average Bonchev–Trinajstić information content (AvgIpc) is 2.35. The lowest BCUT2D eigenvalue weighted by Crippen LogP contribution is -2.11. The van der Waals surface area contributed by atoms with Crippen molar-refractivity contribution in [2.45, 2.75) is 19.9 Å². The van der Waals surface area contributed by atoms with Crippen LogP contribution in [0.15, 0.2) is 18.3 Å². The van der Waals surface area contributed by atoms with Gasteiger partial charge in [-0.25, -0.2) is 8.42 Å². The molecule has 1 aromatic heterocycles. The maximum atomic E-state index is 11.2. The van der Waals surface area contributed by atoms with Gasteiger partial charge < -0.3 is 10.5 Å². The Kier molecular flexibility index (Phi) is 5.37. The van der Waals surface area contributed by atoms with Gasteiger partial charge in [0.2, 0.25) is 0 Å². The molecule has 5 nitrogen and oxygen atoms in total. The van der Waals surface area contributed by atoms with E-state index in [9.17, 15) is 8.42 Å². The van der Waals surface area contributed by atoms with E-state index in [2.05, 4.69) is 4.98 Å². The second-order valence-electron chi connectivity index (χ2n) is 3.63. The normalized spacial score (nSPS) is 11.4. The van der Waals surface area contributed by atoms with Crippen LogP contribution in [0.5, 0.6) is 5.75 Å². The van der Waals surface area contributed by atoms with Gasteiger partial charge in [0.25, 0.3) is 0 Å². The van der Waals surface area contributed by atoms with Crippen molar-refractivity contribution in [3.63, 3.8) is 0 Å². The molecule has 0 aromatic carbocycles. The van der Waals surface area contributed by atoms with Gasteiger partial charge in [-0.3, -0.25) is 4.98 Å². The maximum Gasteiger partial charge on any atom is 0.150 e. The van der Waals surface area contributed by atoms with Crippen LogP contribution < -0.4 is 10.5 Å². The van der Waals surface area contributed by atoms with E-state index in [4.69, 9.17) is 10.5 Å². The topological polar surface area (TPSA) is 82.3 Å². The first-order valence-electron chi connectivity index (χ1n) is 5.55. The van der Waals surface area contributed by atoms with Gasteiger partial charge in [0.05, 0.1) is 24.3 Å². The van der Waals surface area contributed by atoms with Gasteiger partial charge in [-0.2, -0.15) is 0 Å². The third-order valence-corrected chi connectivity index (χ3v) is 4.11. The van der Waals surface area contributed by atoms with Gasteiger partial charge >= 0.3 is 0 Å². The SMILES string of the molecule is CCS(=O)(=O)CCCOc1ccc(CN)nc1. The third kappa shape index (κ3) is 5.14. The molecule has 0 aliphatic carbocycles. The number of aromatic nitrogens is 1. The molecular formula is C11H18N2O3S. The average molecular weight is 258 g/mol. The summed E-state index contributed by atoms with van der Waals surface area (Å²) in [4.78, 5) is 4.07. The molecular weight excluding hydrogens is 240 g/mol. The number of ether oxygens (including phenoxy) is 1. The molecule has 0 fully saturated rings. The van der Waals surface area contributed by atoms with Gasteiger partial charge in [-0.1, -0.05) is 6.92 Å². The zero-order valence-corrected chi connectivity index (χ0v) is 10.7. The molecule has 2 N–H and O–H groups in total. The first-order valence-corrected chi connectivity index (χ1v) is 7.37. The van der Waals surface area contributed by atoms with E-state index in [1.54, 1.807) is 25.3 Å². The summed E-state index contributed by atoms with van der Waals surface area (Å²) in [6.07, 6.45) is 2.09. The predicted octanol–water partition coefficient (Wildman–Crippen LogP) is 0.744. The Hall–Kier alpha value is -1.14. The molecule has 0 saturated carbocycles. The summed E-state index contributed by atoms with van der Waals surface area (Å²) in [5.41, 5.74) is 6.21. The highest BCUT2D eigenvalue weighted by Gasteiger charge is 2.06. The van der Waals surface area contributed by atoms with Crippen LogP contribution in [-0.2, 0) is 16.4 Å². The monoisotopic (exact) mass is 258 g/mol. The van der Waals surface area contributed by atoms with Crippen LogP contribution in [0, 0.1) is 0 Å². The molecule has 0 unspecified atom stereocenters. The van der Waals surface area contributed by atoms with Crippen LogP contribution >= 0.6 is 0 Å². The zero-order valence-electron chi connectivity index (χ0n) is 9.93. The van der Waals surface area contributed by atoms with Gasteiger partial charge in [0, 0.05) is 12.3 Å². The van der Waals surface area contributed by atoms with Crippen LogP contribution in [-0.4, -0.2) is 31.5 Å². The Bertz CT molecular complexity index is 429. The van der Waals surface area contributed by atoms with E-state index >= 15 is 0 Å². The quantitative estimate of drug-likeness (QED) is 0.730. The summed E-state index contributed by atoms with van der Waals surface area (Å²) in [5, 5.41) is 0. The van der Waals surface area contributed by atoms with Gasteiger partial charge in [0.15, 0.2) is 0 Å². The second-order valence-corrected chi connectivity index (χ2v) is 6.10. The van der Waals surface area contributed by atoms with Crippen LogP contribution in [0.2, 0.25) is 0 Å². The third-order valence-electron chi connectivity index (χ3n) is 2.31. The Morgan fingerprint density at radius 1 is 1.41 bits per heavy atom. The molecule has 0 aliphatic rings. The largest absolute Gasteiger partial charge is 0.492 e. The van der Waals surface area contributed by atoms with E-state index in [0.717, 1.165) is 5.69 Å². The van der Waals surface area contributed by atoms with Crippen molar-refractivity contribution in [3.8, 4) is 5.75 Å². The number of pyridine rings is 1. The fraction of sp³-hybridized carbons (Fsp3) is 0.545. The highest BCUT2D eigenvalue weighted by atomic mass is 32.2. The number of hydrogen-bond acceptors (Lipinski definition) is 5. The van der Waals surface area contributed by atoms with E-state index in [-0.39, 0.29) is 11.5 Å². The van der Waals surface area contributed by atoms with Crippen LogP contribution in [0.3, 0.4) is 0 Å². The summed E-state index contributed by atoms with van der Waals surface area (Å²) in [7, 11) is -2.90. The highest BCUT2D eigenvalue weighted by molar-refractivity contribution is 7.91. The van der Waals surface area contributed by atoms with Crippen molar-refractivity contribution in [1.82, 2.24) is 4.98 Å². The smallest absolute Gasteiger partial charge is 0.150 e. The molecule has 0 aliphatic heterocycles. The molecule has 96 valence electrons. The van der Waals surface area contributed by atoms with E-state index in [1.165, 1.54) is 0 Å². The number of nitrogens with two attached hydrogens (primary N) is 1. The Morgan fingerprint density at radius 3 is 2.71 bits per heavy atom. The van der Waals surface area contributed by atoms with Crippen LogP contribution in [0.1, 0.15) is 19.0 Å². The number of rotatable bonds is 7. The number of nitrogens with zero attached hydrogens (tertiary/aromatic N) is 1. The summed E-state index contributed by atoms with van der Waals surface area (Å²) < 4.78 is 27.8. The standard InChI is InChI=1S/C11H18N2O3S/c1-2-17(14,15)7-3-6-16-11-5-4-10(8-12)13-9-11/h4-5,9H,2-3,6-8,12H2,1H3. The number of sulfone groups is 1. The minimum absolute atomic E-state index is 0.164. The first kappa shape index (κ1) is 13.9. The summed E-state index contributed by atoms with van der Waals surface area (Å²) in [6.45, 7) is 2.42. The van der Waals surface area contributed by atoms with E-state index in [0.29, 0.717) is 25.3 Å². The zero-order chi connectivity index (χ0) is 12.7. The predicted molar refractivity (Wildman–Crippen MR) is 66.6 cm³/mol. The first-order chi connectivity index (χ1) is 8.07. The summed E-state index contributed by atoms with van der Waals surface area (Å²) >= 11 is 0. The Balaban J connectivity index is 2.31. The molecule has 6 heteroatoms. The van der Waals surface area contributed by atoms with Crippen molar-refractivity contribution in [2.75, 3.05) is 18.1 Å². The van der Waals surface area contributed by atoms with Gasteiger partial charge in [0.1, 0.15) is 15.6 Å². The van der Waals surface area contributed by atoms with Crippen molar-refractivity contribution < 1.29 is 13.2 Å². The lowest BCUT2D eigenvalue weighted by atomic mass is 10.3. The molecule has 1 aromatic rings. The van der Waals surface area contributed by atoms with Crippen molar-refractivity contribution >= 4 is 9.84 Å². The molecule has 1 heterocycles. The van der Waals surface area contributed by atoms with Crippen LogP contribution in [0.4, 0.5) is 0 Å². The van der Waals surface area contributed by atoms with Crippen molar-refractivity contribution in [1.29, 1.82) is 0 Å². The fourth-order valence-electron chi connectivity index (χ4n) is 1.23. The summed E-state index contributed by atoms with van der Waals surface area (Å²) in [5.74, 6) is 0.980. The minimum Gasteiger partial charge on any atom is -0.492 e. The van der Waals surface area contributed by atoms with Gasteiger partial charge in [-0.05, 0) is 18.6 Å². The maximum absolute atomic E-state index is 11.2. The van der Waals surface area contributed by atoms with Crippen molar-refractivity contribution in [3.05, 3.63) is 24.0 Å². The highest BCUT2D eigenvalue weighted by Crippen LogP contribution is 2.09. The minimum atomic E-state index is -2.90. The molecule has 0 saturated heterocycles. The Morgan fingerprint density at radius 2 is 2.18 bits per heavy atom.